The van der Waals surface area contributed by atoms with Crippen LogP contribution in [0.5, 0.6) is 0 Å². The highest BCUT2D eigenvalue weighted by molar-refractivity contribution is 7.07. The number of para-hydroxylation sites is 2. The van der Waals surface area contributed by atoms with E-state index < -0.39 is 4.92 Å². The number of furan rings is 1. The molecule has 0 aliphatic heterocycles. The van der Waals surface area contributed by atoms with Crippen LogP contribution in [-0.4, -0.2) is 22.4 Å². The van der Waals surface area contributed by atoms with Gasteiger partial charge in [0.05, 0.1) is 16.7 Å². The highest BCUT2D eigenvalue weighted by Gasteiger charge is 2.14. The number of nitro groups is 1. The van der Waals surface area contributed by atoms with E-state index in [4.69, 9.17) is 9.41 Å². The number of fused-ring (bicyclic) bond motifs is 1. The molecule has 0 atom stereocenters. The Hall–Kier alpha value is -4.30. The maximum Gasteiger partial charge on any atom is 0.278 e. The molecule has 0 fully saturated rings. The Kier molecular flexibility index (Phi) is 6.13. The lowest BCUT2D eigenvalue weighted by atomic mass is 10.2. The number of nitrogens with zero attached hydrogens (tertiary/aromatic N) is 4. The van der Waals surface area contributed by atoms with Gasteiger partial charge in [-0.2, -0.15) is 5.10 Å². The SMILES string of the molecule is O=[N+]([O-])c1ccccc1C=Nn1c(-c2cc3ccccc3o2)csc1=NCCc1ccccc1. The molecule has 0 N–H and O–H groups in total. The van der Waals surface area contributed by atoms with Gasteiger partial charge in [-0.05, 0) is 30.2 Å². The van der Waals surface area contributed by atoms with Crippen LogP contribution in [0.25, 0.3) is 22.4 Å². The molecule has 8 heteroatoms. The summed E-state index contributed by atoms with van der Waals surface area (Å²) in [4.78, 5) is 16.5. The van der Waals surface area contributed by atoms with Crippen molar-refractivity contribution in [3.05, 3.63) is 116 Å². The fourth-order valence-electron chi connectivity index (χ4n) is 3.61. The number of benzene rings is 3. The van der Waals surface area contributed by atoms with Crippen molar-refractivity contribution in [3.8, 4) is 11.5 Å². The van der Waals surface area contributed by atoms with Crippen molar-refractivity contribution in [2.45, 2.75) is 6.42 Å². The van der Waals surface area contributed by atoms with E-state index in [0.29, 0.717) is 22.7 Å². The lowest BCUT2D eigenvalue weighted by Gasteiger charge is -2.02. The van der Waals surface area contributed by atoms with Crippen LogP contribution in [-0.2, 0) is 6.42 Å². The number of hydrogen-bond acceptors (Lipinski definition) is 6. The summed E-state index contributed by atoms with van der Waals surface area (Å²) in [5.41, 5.74) is 3.12. The van der Waals surface area contributed by atoms with Gasteiger partial charge in [-0.1, -0.05) is 60.7 Å². The molecule has 5 rings (SSSR count). The van der Waals surface area contributed by atoms with Crippen LogP contribution in [0.3, 0.4) is 0 Å². The second-order valence-electron chi connectivity index (χ2n) is 7.54. The van der Waals surface area contributed by atoms with Gasteiger partial charge >= 0.3 is 0 Å². The van der Waals surface area contributed by atoms with Crippen molar-refractivity contribution in [1.82, 2.24) is 4.68 Å². The fourth-order valence-corrected chi connectivity index (χ4v) is 4.45. The molecule has 168 valence electrons. The van der Waals surface area contributed by atoms with E-state index >= 15 is 0 Å². The summed E-state index contributed by atoms with van der Waals surface area (Å²) < 4.78 is 7.74. The van der Waals surface area contributed by atoms with E-state index in [-0.39, 0.29) is 5.69 Å². The third-order valence-corrected chi connectivity index (χ3v) is 6.15. The Morgan fingerprint density at radius 1 is 1.00 bits per heavy atom. The molecule has 0 bridgehead atoms. The summed E-state index contributed by atoms with van der Waals surface area (Å²) in [6.07, 6.45) is 2.29. The predicted molar refractivity (Wildman–Crippen MR) is 134 cm³/mol. The lowest BCUT2D eigenvalue weighted by Crippen LogP contribution is -2.13. The first-order valence-electron chi connectivity index (χ1n) is 10.7. The number of nitro benzene ring substituents is 1. The molecule has 0 spiro atoms. The molecule has 3 aromatic carbocycles. The summed E-state index contributed by atoms with van der Waals surface area (Å²) in [6, 6.07) is 26.4. The van der Waals surface area contributed by atoms with Gasteiger partial charge < -0.3 is 4.42 Å². The van der Waals surface area contributed by atoms with Gasteiger partial charge in [0.1, 0.15) is 11.3 Å². The summed E-state index contributed by atoms with van der Waals surface area (Å²) in [5.74, 6) is 0.654. The summed E-state index contributed by atoms with van der Waals surface area (Å²) in [7, 11) is 0. The Morgan fingerprint density at radius 3 is 2.59 bits per heavy atom. The molecule has 0 radical (unpaired) electrons. The standard InChI is InChI=1S/C26H20N4O3S/c31-30(32)22-12-6-4-11-21(22)17-28-29-23(25-16-20-10-5-7-13-24(20)33-25)18-34-26(29)27-15-14-19-8-2-1-3-9-19/h1-13,16-18H,14-15H2. The van der Waals surface area contributed by atoms with Gasteiger partial charge in [0, 0.05) is 23.4 Å². The van der Waals surface area contributed by atoms with E-state index in [2.05, 4.69) is 17.2 Å². The number of thiazole rings is 1. The third-order valence-electron chi connectivity index (χ3n) is 5.30. The van der Waals surface area contributed by atoms with Crippen LogP contribution in [0.15, 0.2) is 105 Å². The van der Waals surface area contributed by atoms with E-state index in [9.17, 15) is 10.1 Å². The Bertz CT molecular complexity index is 1510. The van der Waals surface area contributed by atoms with E-state index in [1.54, 1.807) is 22.9 Å². The normalized spacial score (nSPS) is 12.1. The van der Waals surface area contributed by atoms with Gasteiger partial charge in [0.15, 0.2) is 5.76 Å². The van der Waals surface area contributed by atoms with Crippen LogP contribution in [0.1, 0.15) is 11.1 Å². The quantitative estimate of drug-likeness (QED) is 0.169. The summed E-state index contributed by atoms with van der Waals surface area (Å²) >= 11 is 1.45. The molecular weight excluding hydrogens is 448 g/mol. The lowest BCUT2D eigenvalue weighted by molar-refractivity contribution is -0.385. The molecule has 0 amide bonds. The maximum absolute atomic E-state index is 11.4. The average Bonchev–Trinajstić information content (AvgIpc) is 3.47. The van der Waals surface area contributed by atoms with Crippen molar-refractivity contribution < 1.29 is 9.34 Å². The molecule has 2 aromatic heterocycles. The summed E-state index contributed by atoms with van der Waals surface area (Å²) in [5, 5.41) is 18.9. The third kappa shape index (κ3) is 4.57. The molecule has 0 saturated carbocycles. The van der Waals surface area contributed by atoms with Crippen molar-refractivity contribution in [2.24, 2.45) is 10.1 Å². The molecule has 0 saturated heterocycles. The number of rotatable bonds is 7. The number of aromatic nitrogens is 1. The Balaban J connectivity index is 1.55. The second-order valence-corrected chi connectivity index (χ2v) is 8.38. The zero-order valence-electron chi connectivity index (χ0n) is 18.1. The average molecular weight is 469 g/mol. The smallest absolute Gasteiger partial charge is 0.278 e. The van der Waals surface area contributed by atoms with Crippen LogP contribution >= 0.6 is 11.3 Å². The molecular formula is C26H20N4O3S. The van der Waals surface area contributed by atoms with Crippen LogP contribution < -0.4 is 4.80 Å². The zero-order chi connectivity index (χ0) is 23.3. The minimum absolute atomic E-state index is 0.00469. The molecule has 5 aromatic rings. The highest BCUT2D eigenvalue weighted by atomic mass is 32.1. The fraction of sp³-hybridized carbons (Fsp3) is 0.0769. The highest BCUT2D eigenvalue weighted by Crippen LogP contribution is 2.28. The van der Waals surface area contributed by atoms with Crippen molar-refractivity contribution in [1.29, 1.82) is 0 Å². The van der Waals surface area contributed by atoms with Crippen LogP contribution in [0, 0.1) is 10.1 Å². The summed E-state index contributed by atoms with van der Waals surface area (Å²) in [6.45, 7) is 0.588. The second kappa shape index (κ2) is 9.68. The van der Waals surface area contributed by atoms with Gasteiger partial charge in [-0.15, -0.1) is 11.3 Å². The first-order valence-corrected chi connectivity index (χ1v) is 11.6. The number of hydrogen-bond donors (Lipinski definition) is 0. The van der Waals surface area contributed by atoms with E-state index in [0.717, 1.165) is 23.1 Å². The van der Waals surface area contributed by atoms with Gasteiger partial charge in [0.2, 0.25) is 4.80 Å². The Morgan fingerprint density at radius 2 is 1.76 bits per heavy atom. The van der Waals surface area contributed by atoms with E-state index in [1.165, 1.54) is 29.2 Å². The zero-order valence-corrected chi connectivity index (χ0v) is 18.9. The Labute approximate surface area is 199 Å². The first kappa shape index (κ1) is 21.5. The molecule has 34 heavy (non-hydrogen) atoms. The maximum atomic E-state index is 11.4. The molecule has 0 aliphatic carbocycles. The van der Waals surface area contributed by atoms with Gasteiger partial charge in [-0.3, -0.25) is 15.1 Å². The molecule has 2 heterocycles. The van der Waals surface area contributed by atoms with Gasteiger partial charge in [0.25, 0.3) is 5.69 Å². The van der Waals surface area contributed by atoms with E-state index in [1.807, 2.05) is 53.9 Å². The molecule has 7 nitrogen and oxygen atoms in total. The topological polar surface area (TPSA) is 85.9 Å². The molecule has 0 aliphatic rings. The largest absolute Gasteiger partial charge is 0.454 e. The minimum atomic E-state index is -0.412. The monoisotopic (exact) mass is 468 g/mol. The van der Waals surface area contributed by atoms with Crippen LogP contribution in [0.2, 0.25) is 0 Å². The van der Waals surface area contributed by atoms with Crippen LogP contribution in [0.4, 0.5) is 5.69 Å². The first-order chi connectivity index (χ1) is 16.7. The minimum Gasteiger partial charge on any atom is -0.454 e. The van der Waals surface area contributed by atoms with Crippen molar-refractivity contribution in [3.63, 3.8) is 0 Å². The van der Waals surface area contributed by atoms with Gasteiger partial charge in [-0.25, -0.2) is 4.68 Å². The van der Waals surface area contributed by atoms with Crippen molar-refractivity contribution >= 4 is 34.2 Å². The molecule has 0 unspecified atom stereocenters. The van der Waals surface area contributed by atoms with Crippen molar-refractivity contribution in [2.75, 3.05) is 6.54 Å². The predicted octanol–water partition coefficient (Wildman–Crippen LogP) is 5.90.